The predicted molar refractivity (Wildman–Crippen MR) is 103 cm³/mol. The Labute approximate surface area is 164 Å². The van der Waals surface area contributed by atoms with E-state index >= 15 is 0 Å². The first-order valence-corrected chi connectivity index (χ1v) is 9.32. The van der Waals surface area contributed by atoms with E-state index in [9.17, 15) is 9.59 Å². The van der Waals surface area contributed by atoms with Crippen molar-refractivity contribution < 1.29 is 23.3 Å². The Morgan fingerprint density at radius 1 is 0.929 bits per heavy atom. The highest BCUT2D eigenvalue weighted by molar-refractivity contribution is 5.88. The molecule has 0 aliphatic carbocycles. The molecule has 2 N–H and O–H groups in total. The molecule has 0 unspecified atom stereocenters. The molecule has 2 heterocycles. The number of rotatable bonds is 10. The highest BCUT2D eigenvalue weighted by atomic mass is 16.3. The average Bonchev–Trinajstić information content (AvgIpc) is 3.36. The first-order valence-electron chi connectivity index (χ1n) is 9.32. The Hall–Kier alpha value is -3.12. The van der Waals surface area contributed by atoms with E-state index in [0.717, 1.165) is 22.0 Å². The van der Waals surface area contributed by atoms with Crippen LogP contribution in [0.3, 0.4) is 0 Å². The number of quaternary nitrogens is 1. The quantitative estimate of drug-likeness (QED) is 0.561. The van der Waals surface area contributed by atoms with E-state index in [2.05, 4.69) is 5.32 Å². The lowest BCUT2D eigenvalue weighted by molar-refractivity contribution is -0.921. The molecule has 0 aliphatic rings. The van der Waals surface area contributed by atoms with Crippen molar-refractivity contribution in [1.82, 2.24) is 5.32 Å². The van der Waals surface area contributed by atoms with Crippen molar-refractivity contribution in [3.05, 3.63) is 84.2 Å². The molecular weight excluding hydrogens is 356 g/mol. The van der Waals surface area contributed by atoms with Gasteiger partial charge in [-0.2, -0.15) is 0 Å². The second kappa shape index (κ2) is 9.71. The normalized spacial score (nSPS) is 12.1. The zero-order valence-electron chi connectivity index (χ0n) is 15.9. The van der Waals surface area contributed by atoms with Gasteiger partial charge in [0.1, 0.15) is 13.1 Å². The number of hydrogen-bond donors (Lipinski definition) is 2. The Bertz CT molecular complexity index is 821. The third-order valence-corrected chi connectivity index (χ3v) is 4.53. The lowest BCUT2D eigenvalue weighted by atomic mass is 10.0. The number of nitrogens with one attached hydrogen (secondary N) is 2. The van der Waals surface area contributed by atoms with Crippen LogP contribution in [0.15, 0.2) is 76.0 Å². The van der Waals surface area contributed by atoms with E-state index < -0.39 is 6.04 Å². The fourth-order valence-corrected chi connectivity index (χ4v) is 3.13. The number of amides is 1. The summed E-state index contributed by atoms with van der Waals surface area (Å²) in [6.45, 7) is 2.80. The lowest BCUT2D eigenvalue weighted by Gasteiger charge is -2.20. The summed E-state index contributed by atoms with van der Waals surface area (Å²) < 4.78 is 10.9. The van der Waals surface area contributed by atoms with Gasteiger partial charge in [-0.05, 0) is 43.2 Å². The second-order valence-corrected chi connectivity index (χ2v) is 6.86. The molecule has 1 amide bonds. The molecular formula is C22H25N2O4+. The number of carbonyl (C=O) groups is 2. The van der Waals surface area contributed by atoms with Gasteiger partial charge in [0.15, 0.2) is 23.8 Å². The minimum absolute atomic E-state index is 0.0594. The maximum Gasteiger partial charge on any atom is 0.275 e. The summed E-state index contributed by atoms with van der Waals surface area (Å²) in [7, 11) is 0. The number of carbonyl (C=O) groups excluding carboxylic acids is 2. The first-order chi connectivity index (χ1) is 13.6. The van der Waals surface area contributed by atoms with Crippen LogP contribution in [-0.2, 0) is 29.1 Å². The summed E-state index contributed by atoms with van der Waals surface area (Å²) in [6.07, 6.45) is 3.71. The second-order valence-electron chi connectivity index (χ2n) is 6.86. The van der Waals surface area contributed by atoms with Crippen LogP contribution in [0.5, 0.6) is 0 Å². The third kappa shape index (κ3) is 5.96. The molecule has 0 spiro atoms. The topological polar surface area (TPSA) is 76.9 Å². The van der Waals surface area contributed by atoms with Gasteiger partial charge in [-0.1, -0.05) is 30.3 Å². The number of hydrogen-bond acceptors (Lipinski definition) is 4. The van der Waals surface area contributed by atoms with Crippen molar-refractivity contribution in [2.24, 2.45) is 0 Å². The van der Waals surface area contributed by atoms with Gasteiger partial charge in [0.2, 0.25) is 0 Å². The predicted octanol–water partition coefficient (Wildman–Crippen LogP) is 1.77. The van der Waals surface area contributed by atoms with E-state index in [1.165, 1.54) is 6.92 Å². The molecule has 3 rings (SSSR count). The number of furan rings is 2. The number of benzene rings is 1. The van der Waals surface area contributed by atoms with Crippen LogP contribution in [-0.4, -0.2) is 24.3 Å². The van der Waals surface area contributed by atoms with Crippen LogP contribution in [0.2, 0.25) is 0 Å². The minimum atomic E-state index is -0.539. The summed E-state index contributed by atoms with van der Waals surface area (Å²) in [6, 6.07) is 16.6. The van der Waals surface area contributed by atoms with E-state index in [0.29, 0.717) is 19.5 Å². The van der Waals surface area contributed by atoms with Gasteiger partial charge in [0.05, 0.1) is 18.6 Å². The molecule has 0 aliphatic heterocycles. The van der Waals surface area contributed by atoms with Crippen molar-refractivity contribution in [2.45, 2.75) is 32.5 Å². The monoisotopic (exact) mass is 381 g/mol. The summed E-state index contributed by atoms with van der Waals surface area (Å²) >= 11 is 0. The van der Waals surface area contributed by atoms with Crippen LogP contribution in [0.4, 0.5) is 0 Å². The number of ketones is 1. The highest BCUT2D eigenvalue weighted by Gasteiger charge is 2.22. The van der Waals surface area contributed by atoms with E-state index in [-0.39, 0.29) is 18.2 Å². The van der Waals surface area contributed by atoms with Crippen LogP contribution in [0.25, 0.3) is 0 Å². The Morgan fingerprint density at radius 2 is 1.54 bits per heavy atom. The molecule has 0 saturated carbocycles. The summed E-state index contributed by atoms with van der Waals surface area (Å²) in [5.41, 5.74) is 1.01. The zero-order chi connectivity index (χ0) is 19.8. The van der Waals surface area contributed by atoms with Crippen LogP contribution in [0, 0.1) is 0 Å². The molecule has 1 aromatic carbocycles. The lowest BCUT2D eigenvalue weighted by Crippen LogP contribution is -3.10. The van der Waals surface area contributed by atoms with Crippen molar-refractivity contribution in [3.63, 3.8) is 0 Å². The van der Waals surface area contributed by atoms with Gasteiger partial charge in [-0.25, -0.2) is 0 Å². The molecule has 3 aromatic rings. The maximum atomic E-state index is 12.7. The number of Topliss-reactive ketones (excluding diaryl/α,β-unsaturated/α-hetero) is 1. The standard InChI is InChI=1S/C22H24N2O4/c1-17(25)21(13-18-7-3-2-4-8-18)23-22(26)16-24(14-19-9-5-11-27-19)15-20-10-6-12-28-20/h2-12,21H,13-16H2,1H3,(H,23,26)/p+1/t21-/m0/s1. The van der Waals surface area contributed by atoms with Crippen LogP contribution >= 0.6 is 0 Å². The summed E-state index contributed by atoms with van der Waals surface area (Å²) in [4.78, 5) is 25.7. The van der Waals surface area contributed by atoms with Gasteiger partial charge in [0.25, 0.3) is 5.91 Å². The molecule has 28 heavy (non-hydrogen) atoms. The maximum absolute atomic E-state index is 12.7. The Morgan fingerprint density at radius 3 is 2.04 bits per heavy atom. The summed E-state index contributed by atoms with van der Waals surface area (Å²) in [5.74, 6) is 1.35. The van der Waals surface area contributed by atoms with Gasteiger partial charge < -0.3 is 19.1 Å². The molecule has 0 saturated heterocycles. The van der Waals surface area contributed by atoms with Gasteiger partial charge in [-0.3, -0.25) is 9.59 Å². The molecule has 146 valence electrons. The average molecular weight is 381 g/mol. The van der Waals surface area contributed by atoms with E-state index in [1.54, 1.807) is 12.5 Å². The fourth-order valence-electron chi connectivity index (χ4n) is 3.13. The minimum Gasteiger partial charge on any atom is -0.463 e. The highest BCUT2D eigenvalue weighted by Crippen LogP contribution is 2.04. The fraction of sp³-hybridized carbons (Fsp3) is 0.273. The molecule has 6 nitrogen and oxygen atoms in total. The van der Waals surface area contributed by atoms with Crippen molar-refractivity contribution in [3.8, 4) is 0 Å². The van der Waals surface area contributed by atoms with Crippen molar-refractivity contribution in [1.29, 1.82) is 0 Å². The Balaban J connectivity index is 1.63. The summed E-state index contributed by atoms with van der Waals surface area (Å²) in [5, 5.41) is 2.88. The molecule has 2 aromatic heterocycles. The Kier molecular flexibility index (Phi) is 6.81. The van der Waals surface area contributed by atoms with Gasteiger partial charge in [-0.15, -0.1) is 0 Å². The van der Waals surface area contributed by atoms with Crippen molar-refractivity contribution in [2.75, 3.05) is 6.54 Å². The van der Waals surface area contributed by atoms with Crippen LogP contribution < -0.4 is 10.2 Å². The van der Waals surface area contributed by atoms with Crippen LogP contribution in [0.1, 0.15) is 24.0 Å². The smallest absolute Gasteiger partial charge is 0.275 e. The van der Waals surface area contributed by atoms with Gasteiger partial charge in [0, 0.05) is 0 Å². The third-order valence-electron chi connectivity index (χ3n) is 4.53. The van der Waals surface area contributed by atoms with Crippen molar-refractivity contribution >= 4 is 11.7 Å². The molecule has 0 fully saturated rings. The molecule has 6 heteroatoms. The molecule has 0 bridgehead atoms. The first kappa shape index (κ1) is 19.6. The van der Waals surface area contributed by atoms with E-state index in [1.807, 2.05) is 54.6 Å². The largest absolute Gasteiger partial charge is 0.463 e. The van der Waals surface area contributed by atoms with E-state index in [4.69, 9.17) is 8.83 Å². The SMILES string of the molecule is CC(=O)[C@H](Cc1ccccc1)NC(=O)C[NH+](Cc1ccco1)Cc1ccco1. The zero-order valence-corrected chi connectivity index (χ0v) is 15.9. The van der Waals surface area contributed by atoms with Gasteiger partial charge >= 0.3 is 0 Å². The molecule has 1 atom stereocenters. The molecule has 0 radical (unpaired) electrons.